The number of phenols is 1. The molecule has 0 saturated carbocycles. The summed E-state index contributed by atoms with van der Waals surface area (Å²) in [6, 6.07) is 8.58. The second kappa shape index (κ2) is 8.39. The van der Waals surface area contributed by atoms with E-state index in [1.54, 1.807) is 6.07 Å². The van der Waals surface area contributed by atoms with Gasteiger partial charge < -0.3 is 24.6 Å². The molecule has 0 radical (unpaired) electrons. The second-order valence-corrected chi connectivity index (χ2v) is 7.52. The Labute approximate surface area is 178 Å². The molecule has 2 aromatic rings. The molecule has 2 atom stereocenters. The second-order valence-electron chi connectivity index (χ2n) is 7.52. The number of carbonyl (C=O) groups excluding carboxylic acids is 2. The number of ketones is 1. The van der Waals surface area contributed by atoms with E-state index in [-0.39, 0.29) is 35.3 Å². The summed E-state index contributed by atoms with van der Waals surface area (Å²) in [5, 5.41) is 20.9. The van der Waals surface area contributed by atoms with Gasteiger partial charge in [-0.2, -0.15) is 0 Å². The number of aromatic hydroxyl groups is 1. The van der Waals surface area contributed by atoms with E-state index >= 15 is 0 Å². The Morgan fingerprint density at radius 2 is 1.97 bits per heavy atom. The Bertz CT molecular complexity index is 1040. The van der Waals surface area contributed by atoms with Crippen molar-refractivity contribution in [2.45, 2.75) is 25.0 Å². The Hall–Kier alpha value is -3.39. The highest BCUT2D eigenvalue weighted by Gasteiger charge is 2.47. The van der Waals surface area contributed by atoms with Crippen LogP contribution in [-0.4, -0.2) is 53.2 Å². The van der Waals surface area contributed by atoms with Gasteiger partial charge in [0.15, 0.2) is 11.5 Å². The Kier molecular flexibility index (Phi) is 5.65. The minimum absolute atomic E-state index is 0.0964. The minimum Gasteiger partial charge on any atom is -0.507 e. The lowest BCUT2D eigenvalue weighted by Gasteiger charge is -2.27. The quantitative estimate of drug-likeness (QED) is 0.432. The van der Waals surface area contributed by atoms with Crippen molar-refractivity contribution in [3.8, 4) is 11.5 Å². The van der Waals surface area contributed by atoms with Crippen LogP contribution < -0.4 is 4.74 Å². The number of likely N-dealkylation sites (tertiary alicyclic amines) is 1. The van der Waals surface area contributed by atoms with Crippen LogP contribution in [0.3, 0.4) is 0 Å². The summed E-state index contributed by atoms with van der Waals surface area (Å²) in [6.07, 6.45) is 1.40. The number of aliphatic hydroxyl groups is 1. The third kappa shape index (κ3) is 3.86. The van der Waals surface area contributed by atoms with Gasteiger partial charge in [-0.1, -0.05) is 6.07 Å². The van der Waals surface area contributed by atoms with Crippen molar-refractivity contribution < 1.29 is 33.7 Å². The number of nitrogens with zero attached hydrogens (tertiary/aromatic N) is 1. The minimum atomic E-state index is -0.913. The van der Waals surface area contributed by atoms with Crippen LogP contribution in [0.15, 0.2) is 48.0 Å². The molecule has 0 bridgehead atoms. The fourth-order valence-electron chi connectivity index (χ4n) is 4.05. The van der Waals surface area contributed by atoms with Crippen molar-refractivity contribution in [3.05, 3.63) is 65.0 Å². The molecule has 2 aromatic carbocycles. The lowest BCUT2D eigenvalue weighted by Crippen LogP contribution is -2.36. The van der Waals surface area contributed by atoms with Crippen LogP contribution in [-0.2, 0) is 14.3 Å². The van der Waals surface area contributed by atoms with E-state index in [1.807, 2.05) is 0 Å². The van der Waals surface area contributed by atoms with Crippen molar-refractivity contribution >= 4 is 17.4 Å². The monoisotopic (exact) mass is 427 g/mol. The molecular formula is C23H22FNO6. The number of amides is 1. The number of benzene rings is 2. The van der Waals surface area contributed by atoms with Gasteiger partial charge in [0, 0.05) is 18.7 Å². The number of hydrogen-bond acceptors (Lipinski definition) is 6. The molecular weight excluding hydrogens is 405 g/mol. The van der Waals surface area contributed by atoms with Gasteiger partial charge in [-0.3, -0.25) is 9.59 Å². The van der Waals surface area contributed by atoms with Gasteiger partial charge in [-0.15, -0.1) is 0 Å². The van der Waals surface area contributed by atoms with Crippen LogP contribution in [0, 0.1) is 5.82 Å². The SMILES string of the molecule is COc1cc(C2C(=C(O)c3ccc(F)cc3)C(=O)C(=O)N2CC2CCCO2)ccc1O. The number of ether oxygens (including phenoxy) is 2. The van der Waals surface area contributed by atoms with Crippen molar-refractivity contribution in [2.75, 3.05) is 20.3 Å². The van der Waals surface area contributed by atoms with Crippen LogP contribution in [0.1, 0.15) is 30.0 Å². The molecule has 1 amide bonds. The molecule has 0 aromatic heterocycles. The number of phenolic OH excluding ortho intramolecular Hbond substituents is 1. The van der Waals surface area contributed by atoms with E-state index < -0.39 is 29.3 Å². The number of halogens is 1. The molecule has 7 nitrogen and oxygen atoms in total. The molecule has 8 heteroatoms. The summed E-state index contributed by atoms with van der Waals surface area (Å²) in [5.41, 5.74) is 0.588. The number of aliphatic hydroxyl groups excluding tert-OH is 1. The van der Waals surface area contributed by atoms with E-state index in [4.69, 9.17) is 9.47 Å². The predicted octanol–water partition coefficient (Wildman–Crippen LogP) is 3.14. The van der Waals surface area contributed by atoms with Crippen LogP contribution in [0.25, 0.3) is 5.76 Å². The Morgan fingerprint density at radius 3 is 2.61 bits per heavy atom. The van der Waals surface area contributed by atoms with Crippen molar-refractivity contribution in [1.29, 1.82) is 0 Å². The van der Waals surface area contributed by atoms with Gasteiger partial charge in [0.1, 0.15) is 11.6 Å². The van der Waals surface area contributed by atoms with E-state index in [9.17, 15) is 24.2 Å². The Balaban J connectivity index is 1.85. The molecule has 0 aliphatic carbocycles. The number of methoxy groups -OCH3 is 1. The van der Waals surface area contributed by atoms with Crippen molar-refractivity contribution in [3.63, 3.8) is 0 Å². The molecule has 4 rings (SSSR count). The van der Waals surface area contributed by atoms with Crippen LogP contribution in [0.5, 0.6) is 11.5 Å². The molecule has 2 saturated heterocycles. The largest absolute Gasteiger partial charge is 0.507 e. The summed E-state index contributed by atoms with van der Waals surface area (Å²) in [5.74, 6) is -2.41. The van der Waals surface area contributed by atoms with Crippen LogP contribution in [0.2, 0.25) is 0 Å². The highest BCUT2D eigenvalue weighted by atomic mass is 19.1. The first kappa shape index (κ1) is 20.9. The zero-order valence-electron chi connectivity index (χ0n) is 16.9. The molecule has 2 aliphatic rings. The van der Waals surface area contributed by atoms with Gasteiger partial charge >= 0.3 is 0 Å². The van der Waals surface area contributed by atoms with Crippen LogP contribution >= 0.6 is 0 Å². The van der Waals surface area contributed by atoms with Gasteiger partial charge in [-0.25, -0.2) is 4.39 Å². The highest BCUT2D eigenvalue weighted by Crippen LogP contribution is 2.42. The van der Waals surface area contributed by atoms with Gasteiger partial charge in [-0.05, 0) is 54.8 Å². The molecule has 2 fully saturated rings. The molecule has 2 unspecified atom stereocenters. The first-order chi connectivity index (χ1) is 14.9. The molecule has 0 spiro atoms. The van der Waals surface area contributed by atoms with E-state index in [1.165, 1.54) is 36.3 Å². The molecule has 2 aliphatic heterocycles. The highest BCUT2D eigenvalue weighted by molar-refractivity contribution is 6.46. The number of rotatable bonds is 5. The topological polar surface area (TPSA) is 96.3 Å². The molecule has 162 valence electrons. The van der Waals surface area contributed by atoms with Gasteiger partial charge in [0.25, 0.3) is 11.7 Å². The maximum absolute atomic E-state index is 13.3. The van der Waals surface area contributed by atoms with E-state index in [0.717, 1.165) is 25.0 Å². The smallest absolute Gasteiger partial charge is 0.295 e. The zero-order chi connectivity index (χ0) is 22.1. The Morgan fingerprint density at radius 1 is 1.23 bits per heavy atom. The summed E-state index contributed by atoms with van der Waals surface area (Å²) < 4.78 is 24.2. The summed E-state index contributed by atoms with van der Waals surface area (Å²) >= 11 is 0. The lowest BCUT2D eigenvalue weighted by molar-refractivity contribution is -0.140. The summed E-state index contributed by atoms with van der Waals surface area (Å²) in [6.45, 7) is 0.764. The fraction of sp³-hybridized carbons (Fsp3) is 0.304. The lowest BCUT2D eigenvalue weighted by atomic mass is 9.95. The molecule has 31 heavy (non-hydrogen) atoms. The van der Waals surface area contributed by atoms with Crippen molar-refractivity contribution in [2.24, 2.45) is 0 Å². The average molecular weight is 427 g/mol. The zero-order valence-corrected chi connectivity index (χ0v) is 16.9. The number of hydrogen-bond donors (Lipinski definition) is 2. The predicted molar refractivity (Wildman–Crippen MR) is 109 cm³/mol. The third-order valence-electron chi connectivity index (χ3n) is 5.60. The van der Waals surface area contributed by atoms with Crippen LogP contribution in [0.4, 0.5) is 4.39 Å². The van der Waals surface area contributed by atoms with Gasteiger partial charge in [0.2, 0.25) is 0 Å². The number of Topliss-reactive ketones (excluding diaryl/α,β-unsaturated/α-hetero) is 1. The van der Waals surface area contributed by atoms with Crippen molar-refractivity contribution in [1.82, 2.24) is 4.90 Å². The van der Waals surface area contributed by atoms with Gasteiger partial charge in [0.05, 0.1) is 24.8 Å². The molecule has 2 heterocycles. The summed E-state index contributed by atoms with van der Waals surface area (Å²) in [4.78, 5) is 27.3. The van der Waals surface area contributed by atoms with E-state index in [2.05, 4.69) is 0 Å². The number of carbonyl (C=O) groups is 2. The first-order valence-corrected chi connectivity index (χ1v) is 9.93. The third-order valence-corrected chi connectivity index (χ3v) is 5.60. The molecule has 2 N–H and O–H groups in total. The normalized spacial score (nSPS) is 22.8. The summed E-state index contributed by atoms with van der Waals surface area (Å²) in [7, 11) is 1.39. The fourth-order valence-corrected chi connectivity index (χ4v) is 4.05. The maximum Gasteiger partial charge on any atom is 0.295 e. The van der Waals surface area contributed by atoms with E-state index in [0.29, 0.717) is 12.2 Å². The maximum atomic E-state index is 13.3. The average Bonchev–Trinajstić information content (AvgIpc) is 3.37. The first-order valence-electron chi connectivity index (χ1n) is 9.93. The standard InChI is InChI=1S/C23H22FNO6/c1-30-18-11-14(6-9-17(18)26)20-19(21(27)13-4-7-15(24)8-5-13)22(28)23(29)25(20)12-16-3-2-10-31-16/h4-9,11,16,20,26-27H,2-3,10,12H2,1H3.